The van der Waals surface area contributed by atoms with Gasteiger partial charge in [0, 0.05) is 24.9 Å². The molecule has 2 atom stereocenters. The van der Waals surface area contributed by atoms with Crippen molar-refractivity contribution < 1.29 is 26.3 Å². The summed E-state index contributed by atoms with van der Waals surface area (Å²) in [6.07, 6.45) is 1.60. The predicted octanol–water partition coefficient (Wildman–Crippen LogP) is 3.42. The molecule has 1 aromatic carbocycles. The summed E-state index contributed by atoms with van der Waals surface area (Å²) in [4.78, 5) is -0.0375. The van der Waals surface area contributed by atoms with Crippen molar-refractivity contribution in [2.24, 2.45) is 0 Å². The maximum absolute atomic E-state index is 14.3. The van der Waals surface area contributed by atoms with E-state index in [0.717, 1.165) is 0 Å². The molecule has 7 nitrogen and oxygen atoms in total. The van der Waals surface area contributed by atoms with Gasteiger partial charge in [-0.3, -0.25) is 4.39 Å². The van der Waals surface area contributed by atoms with E-state index in [0.29, 0.717) is 31.0 Å². The Bertz CT molecular complexity index is 935. The molecular weight excluding hydrogens is 421 g/mol. The quantitative estimate of drug-likeness (QED) is 0.597. The second-order valence-corrected chi connectivity index (χ2v) is 9.19. The molecule has 1 aliphatic carbocycles. The molecule has 2 aromatic rings. The molecule has 1 saturated carbocycles. The highest BCUT2D eigenvalue weighted by Gasteiger charge is 2.43. The third kappa shape index (κ3) is 5.72. The smallest absolute Gasteiger partial charge is 0.251 e. The number of ether oxygens (including phenoxy) is 1. The lowest BCUT2D eigenvalue weighted by Crippen LogP contribution is -2.45. The molecule has 0 radical (unpaired) electrons. The number of nitrogens with one attached hydrogen (secondary N) is 1. The normalized spacial score (nSPS) is 21.5. The van der Waals surface area contributed by atoms with E-state index in [4.69, 9.17) is 4.74 Å². The van der Waals surface area contributed by atoms with Gasteiger partial charge in [-0.2, -0.15) is 0 Å². The van der Waals surface area contributed by atoms with Gasteiger partial charge in [-0.1, -0.05) is 0 Å². The Morgan fingerprint density at radius 2 is 1.97 bits per heavy atom. The van der Waals surface area contributed by atoms with Crippen LogP contribution in [0, 0.1) is 6.92 Å². The van der Waals surface area contributed by atoms with E-state index in [9.17, 15) is 21.6 Å². The van der Waals surface area contributed by atoms with Crippen molar-refractivity contribution in [2.75, 3.05) is 13.3 Å². The topological polar surface area (TPSA) is 86.1 Å². The minimum atomic E-state index is -3.99. The van der Waals surface area contributed by atoms with E-state index in [-0.39, 0.29) is 11.3 Å². The number of unbranched alkanes of at least 4 members (excludes halogenated alkanes) is 1. The molecule has 0 saturated heterocycles. The molecule has 1 heterocycles. The zero-order chi connectivity index (χ0) is 21.8. The Morgan fingerprint density at radius 1 is 1.23 bits per heavy atom. The molecule has 1 fully saturated rings. The summed E-state index contributed by atoms with van der Waals surface area (Å²) >= 11 is 0. The van der Waals surface area contributed by atoms with Gasteiger partial charge in [-0.15, -0.1) is 10.2 Å². The molecule has 0 unspecified atom stereocenters. The molecule has 0 bridgehead atoms. The summed E-state index contributed by atoms with van der Waals surface area (Å²) in [7, 11) is -3.99. The number of nitrogens with zero attached hydrogens (tertiary/aromatic N) is 3. The van der Waals surface area contributed by atoms with E-state index in [1.807, 2.05) is 0 Å². The first-order valence-corrected chi connectivity index (χ1v) is 11.2. The molecule has 166 valence electrons. The number of hydrogen-bond acceptors (Lipinski definition) is 5. The summed E-state index contributed by atoms with van der Waals surface area (Å²) in [5.41, 5.74) is 0. The average Bonchev–Trinajstić information content (AvgIpc) is 3.10. The van der Waals surface area contributed by atoms with Crippen LogP contribution < -0.4 is 9.46 Å². The molecule has 0 spiro atoms. The van der Waals surface area contributed by atoms with Gasteiger partial charge in [0.15, 0.2) is 0 Å². The van der Waals surface area contributed by atoms with Crippen LogP contribution in [0.2, 0.25) is 0 Å². The second kappa shape index (κ2) is 9.34. The van der Waals surface area contributed by atoms with Gasteiger partial charge < -0.3 is 9.30 Å². The van der Waals surface area contributed by atoms with Gasteiger partial charge in [-0.25, -0.2) is 21.9 Å². The van der Waals surface area contributed by atoms with Gasteiger partial charge in [0.05, 0.1) is 18.2 Å². The number of sulfonamides is 1. The molecule has 11 heteroatoms. The van der Waals surface area contributed by atoms with E-state index in [1.165, 1.54) is 30.6 Å². The van der Waals surface area contributed by atoms with Crippen LogP contribution in [0.25, 0.3) is 0 Å². The third-order valence-electron chi connectivity index (χ3n) is 5.03. The van der Waals surface area contributed by atoms with Gasteiger partial charge in [0.2, 0.25) is 10.0 Å². The van der Waals surface area contributed by atoms with Gasteiger partial charge >= 0.3 is 0 Å². The first-order chi connectivity index (χ1) is 14.2. The summed E-state index contributed by atoms with van der Waals surface area (Å²) in [5, 5.41) is 7.56. The first-order valence-electron chi connectivity index (χ1n) is 9.75. The summed E-state index contributed by atoms with van der Waals surface area (Å²) < 4.78 is 75.5. The molecule has 30 heavy (non-hydrogen) atoms. The number of halogens is 3. The summed E-state index contributed by atoms with van der Waals surface area (Å²) in [6.45, 7) is 1.58. The van der Waals surface area contributed by atoms with Crippen molar-refractivity contribution in [2.45, 2.75) is 61.9 Å². The van der Waals surface area contributed by atoms with Crippen LogP contribution in [0.3, 0.4) is 0 Å². The number of alkyl halides is 3. The monoisotopic (exact) mass is 446 g/mol. The average molecular weight is 446 g/mol. The van der Waals surface area contributed by atoms with Crippen LogP contribution in [-0.4, -0.2) is 48.4 Å². The number of aromatic nitrogens is 3. The Balaban J connectivity index is 1.67. The van der Waals surface area contributed by atoms with Crippen LogP contribution in [0.4, 0.5) is 13.2 Å². The van der Waals surface area contributed by atoms with Crippen LogP contribution in [-0.2, 0) is 10.0 Å². The first kappa shape index (κ1) is 22.5. The standard InChI is InChI=1S/C19H25F3N4O3S/c1-14-24-23-13-26(14)16-10-15(11-19(21,22)12-16)25-30(27,28)18-6-4-17(5-7-18)29-9-3-2-8-20/h4-7,13,15-16,25H,2-3,8-12H2,1H3/t15-,16+/m1/s1. The third-order valence-corrected chi connectivity index (χ3v) is 6.57. The number of aryl methyl sites for hydroxylation is 1. The van der Waals surface area contributed by atoms with Crippen molar-refractivity contribution in [1.82, 2.24) is 19.5 Å². The minimum Gasteiger partial charge on any atom is -0.494 e. The van der Waals surface area contributed by atoms with Crippen LogP contribution in [0.1, 0.15) is 44.0 Å². The number of benzene rings is 1. The van der Waals surface area contributed by atoms with Gasteiger partial charge in [-0.05, 0) is 50.5 Å². The highest BCUT2D eigenvalue weighted by Crippen LogP contribution is 2.40. The number of hydrogen-bond donors (Lipinski definition) is 1. The summed E-state index contributed by atoms with van der Waals surface area (Å²) in [6, 6.07) is 4.16. The van der Waals surface area contributed by atoms with Crippen molar-refractivity contribution in [3.63, 3.8) is 0 Å². The van der Waals surface area contributed by atoms with Gasteiger partial charge in [0.25, 0.3) is 5.92 Å². The number of rotatable bonds is 9. The maximum Gasteiger partial charge on any atom is 0.251 e. The largest absolute Gasteiger partial charge is 0.494 e. The molecule has 0 aliphatic heterocycles. The molecule has 0 amide bonds. The van der Waals surface area contributed by atoms with E-state index in [2.05, 4.69) is 14.9 Å². The zero-order valence-electron chi connectivity index (χ0n) is 16.6. The maximum atomic E-state index is 14.3. The van der Waals surface area contributed by atoms with Gasteiger partial charge in [0.1, 0.15) is 17.9 Å². The van der Waals surface area contributed by atoms with Crippen molar-refractivity contribution in [3.05, 3.63) is 36.4 Å². The fourth-order valence-electron chi connectivity index (χ4n) is 3.63. The van der Waals surface area contributed by atoms with Crippen molar-refractivity contribution >= 4 is 10.0 Å². The second-order valence-electron chi connectivity index (χ2n) is 7.47. The summed E-state index contributed by atoms with van der Waals surface area (Å²) in [5.74, 6) is -2.05. The highest BCUT2D eigenvalue weighted by atomic mass is 32.2. The van der Waals surface area contributed by atoms with Crippen molar-refractivity contribution in [1.29, 1.82) is 0 Å². The van der Waals surface area contributed by atoms with Crippen LogP contribution in [0.5, 0.6) is 5.75 Å². The van der Waals surface area contributed by atoms with Crippen molar-refractivity contribution in [3.8, 4) is 5.75 Å². The lowest BCUT2D eigenvalue weighted by atomic mass is 9.88. The molecule has 1 aliphatic rings. The fraction of sp³-hybridized carbons (Fsp3) is 0.579. The fourth-order valence-corrected chi connectivity index (χ4v) is 4.88. The van der Waals surface area contributed by atoms with Crippen LogP contribution in [0.15, 0.2) is 35.5 Å². The minimum absolute atomic E-state index is 0.0375. The highest BCUT2D eigenvalue weighted by molar-refractivity contribution is 7.89. The molecule has 1 aromatic heterocycles. The van der Waals surface area contributed by atoms with E-state index >= 15 is 0 Å². The molecular formula is C19H25F3N4O3S. The zero-order valence-corrected chi connectivity index (χ0v) is 17.4. The van der Waals surface area contributed by atoms with E-state index < -0.39 is 47.5 Å². The Hall–Kier alpha value is -2.14. The Labute approximate surface area is 173 Å². The van der Waals surface area contributed by atoms with Crippen LogP contribution >= 0.6 is 0 Å². The molecule has 3 rings (SSSR count). The lowest BCUT2D eigenvalue weighted by Gasteiger charge is -2.35. The predicted molar refractivity (Wildman–Crippen MR) is 104 cm³/mol. The van der Waals surface area contributed by atoms with E-state index in [1.54, 1.807) is 11.5 Å². The Morgan fingerprint density at radius 3 is 2.60 bits per heavy atom. The lowest BCUT2D eigenvalue weighted by molar-refractivity contribution is -0.0579. The Kier molecular flexibility index (Phi) is 7.02. The molecule has 1 N–H and O–H groups in total. The SMILES string of the molecule is Cc1nncn1[C@H]1C[C@@H](NS(=O)(=O)c2ccc(OCCCCF)cc2)CC(F)(F)C1.